The number of hydrogen-bond donors (Lipinski definition) is 2. The monoisotopic (exact) mass is 290 g/mol. The number of rotatable bonds is 6. The standard InChI is InChI=1S/C15H18N2O2S/c1-10(2)13-8-17-14(20-13)9-16-7-11-3-5-12(6-4-11)15(18)19/h3-6,8,10,16H,7,9H2,1-2H3,(H,18,19). The maximum absolute atomic E-state index is 10.7. The summed E-state index contributed by atoms with van der Waals surface area (Å²) in [5, 5.41) is 13.2. The minimum absolute atomic E-state index is 0.315. The molecule has 106 valence electrons. The third-order valence-corrected chi connectivity index (χ3v) is 4.24. The summed E-state index contributed by atoms with van der Waals surface area (Å²) < 4.78 is 0. The van der Waals surface area contributed by atoms with E-state index in [9.17, 15) is 4.79 Å². The van der Waals surface area contributed by atoms with Gasteiger partial charge in [0.1, 0.15) is 5.01 Å². The Balaban J connectivity index is 1.84. The number of thiazole rings is 1. The van der Waals surface area contributed by atoms with E-state index in [-0.39, 0.29) is 0 Å². The molecule has 5 heteroatoms. The average Bonchev–Trinajstić information content (AvgIpc) is 2.88. The van der Waals surface area contributed by atoms with Crippen molar-refractivity contribution in [3.05, 3.63) is 51.5 Å². The summed E-state index contributed by atoms with van der Waals surface area (Å²) in [7, 11) is 0. The molecule has 0 unspecified atom stereocenters. The molecule has 20 heavy (non-hydrogen) atoms. The fourth-order valence-electron chi connectivity index (χ4n) is 1.75. The molecule has 0 fully saturated rings. The largest absolute Gasteiger partial charge is 0.478 e. The molecule has 0 aliphatic rings. The zero-order chi connectivity index (χ0) is 14.5. The minimum Gasteiger partial charge on any atom is -0.478 e. The molecule has 4 nitrogen and oxygen atoms in total. The van der Waals surface area contributed by atoms with Gasteiger partial charge in [-0.25, -0.2) is 9.78 Å². The molecule has 0 saturated heterocycles. The summed E-state index contributed by atoms with van der Waals surface area (Å²) in [6, 6.07) is 6.91. The van der Waals surface area contributed by atoms with Crippen molar-refractivity contribution in [2.75, 3.05) is 0 Å². The number of nitrogens with one attached hydrogen (secondary N) is 1. The van der Waals surface area contributed by atoms with Crippen molar-refractivity contribution in [2.45, 2.75) is 32.9 Å². The summed E-state index contributed by atoms with van der Waals surface area (Å²) in [5.41, 5.74) is 1.38. The molecule has 0 bridgehead atoms. The van der Waals surface area contributed by atoms with Gasteiger partial charge < -0.3 is 10.4 Å². The molecule has 0 atom stereocenters. The first kappa shape index (κ1) is 14.7. The van der Waals surface area contributed by atoms with E-state index in [2.05, 4.69) is 24.1 Å². The van der Waals surface area contributed by atoms with Gasteiger partial charge in [0.05, 0.1) is 5.56 Å². The minimum atomic E-state index is -0.895. The highest BCUT2D eigenvalue weighted by Crippen LogP contribution is 2.21. The first-order valence-electron chi connectivity index (χ1n) is 6.54. The Morgan fingerprint density at radius 2 is 2.00 bits per heavy atom. The first-order valence-corrected chi connectivity index (χ1v) is 7.35. The SMILES string of the molecule is CC(C)c1cnc(CNCc2ccc(C(=O)O)cc2)s1. The second-order valence-corrected chi connectivity index (χ2v) is 6.06. The maximum atomic E-state index is 10.7. The number of carboxylic acids is 1. The number of carboxylic acid groups (broad SMARTS) is 1. The smallest absolute Gasteiger partial charge is 0.335 e. The Labute approximate surface area is 122 Å². The van der Waals surface area contributed by atoms with Crippen molar-refractivity contribution in [3.8, 4) is 0 Å². The molecule has 0 saturated carbocycles. The van der Waals surface area contributed by atoms with Crippen LogP contribution in [0.5, 0.6) is 0 Å². The molecule has 0 aliphatic carbocycles. The van der Waals surface area contributed by atoms with Gasteiger partial charge >= 0.3 is 5.97 Å². The van der Waals surface area contributed by atoms with Gasteiger partial charge in [-0.1, -0.05) is 26.0 Å². The molecule has 0 spiro atoms. The lowest BCUT2D eigenvalue weighted by Crippen LogP contribution is -2.12. The molecule has 2 rings (SSSR count). The fraction of sp³-hybridized carbons (Fsp3) is 0.333. The molecule has 1 aromatic carbocycles. The lowest BCUT2D eigenvalue weighted by molar-refractivity contribution is 0.0697. The van der Waals surface area contributed by atoms with Crippen molar-refractivity contribution in [1.82, 2.24) is 10.3 Å². The predicted molar refractivity (Wildman–Crippen MR) is 80.1 cm³/mol. The summed E-state index contributed by atoms with van der Waals surface area (Å²) in [6.45, 7) is 5.76. The van der Waals surface area contributed by atoms with Crippen LogP contribution in [0, 0.1) is 0 Å². The molecule has 2 aromatic rings. The van der Waals surface area contributed by atoms with Crippen LogP contribution in [0.4, 0.5) is 0 Å². The summed E-state index contributed by atoms with van der Waals surface area (Å²) in [4.78, 5) is 16.4. The lowest BCUT2D eigenvalue weighted by atomic mass is 10.1. The Hall–Kier alpha value is -1.72. The highest BCUT2D eigenvalue weighted by molar-refractivity contribution is 7.11. The summed E-state index contributed by atoms with van der Waals surface area (Å²) in [5.74, 6) is -0.377. The Kier molecular flexibility index (Phi) is 4.87. The van der Waals surface area contributed by atoms with E-state index in [0.717, 1.165) is 17.1 Å². The van der Waals surface area contributed by atoms with Crippen molar-refractivity contribution in [1.29, 1.82) is 0 Å². The van der Waals surface area contributed by atoms with Crippen LogP contribution in [0.3, 0.4) is 0 Å². The van der Waals surface area contributed by atoms with Crippen LogP contribution >= 0.6 is 11.3 Å². The maximum Gasteiger partial charge on any atom is 0.335 e. The van der Waals surface area contributed by atoms with E-state index >= 15 is 0 Å². The predicted octanol–water partition coefficient (Wildman–Crippen LogP) is 3.25. The second-order valence-electron chi connectivity index (χ2n) is 4.92. The molecule has 1 heterocycles. The highest BCUT2D eigenvalue weighted by atomic mass is 32.1. The molecule has 0 amide bonds. The zero-order valence-electron chi connectivity index (χ0n) is 11.6. The van der Waals surface area contributed by atoms with Crippen molar-refractivity contribution >= 4 is 17.3 Å². The van der Waals surface area contributed by atoms with Gasteiger partial charge in [-0.15, -0.1) is 11.3 Å². The zero-order valence-corrected chi connectivity index (χ0v) is 12.4. The van der Waals surface area contributed by atoms with Crippen LogP contribution in [0.15, 0.2) is 30.5 Å². The topological polar surface area (TPSA) is 62.2 Å². The summed E-state index contributed by atoms with van der Waals surface area (Å²) in [6.07, 6.45) is 1.94. The van der Waals surface area contributed by atoms with Crippen LogP contribution < -0.4 is 5.32 Å². The normalized spacial score (nSPS) is 10.9. The van der Waals surface area contributed by atoms with Crippen LogP contribution in [0.1, 0.15) is 45.6 Å². The highest BCUT2D eigenvalue weighted by Gasteiger charge is 2.05. The Morgan fingerprint density at radius 3 is 2.55 bits per heavy atom. The quantitative estimate of drug-likeness (QED) is 0.857. The van der Waals surface area contributed by atoms with Gasteiger partial charge in [0.15, 0.2) is 0 Å². The van der Waals surface area contributed by atoms with E-state index in [1.807, 2.05) is 18.3 Å². The van der Waals surface area contributed by atoms with Gasteiger partial charge in [-0.05, 0) is 23.6 Å². The van der Waals surface area contributed by atoms with Crippen LogP contribution in [-0.2, 0) is 13.1 Å². The van der Waals surface area contributed by atoms with Gasteiger partial charge in [0.2, 0.25) is 0 Å². The lowest BCUT2D eigenvalue weighted by Gasteiger charge is -2.03. The number of benzene rings is 1. The number of hydrogen-bond acceptors (Lipinski definition) is 4. The van der Waals surface area contributed by atoms with Gasteiger partial charge in [-0.3, -0.25) is 0 Å². The van der Waals surface area contributed by atoms with Crippen LogP contribution in [0.25, 0.3) is 0 Å². The average molecular weight is 290 g/mol. The van der Waals surface area contributed by atoms with Gasteiger partial charge in [0, 0.05) is 24.2 Å². The van der Waals surface area contributed by atoms with Gasteiger partial charge in [0.25, 0.3) is 0 Å². The van der Waals surface area contributed by atoms with Crippen LogP contribution in [-0.4, -0.2) is 16.1 Å². The molecule has 0 radical (unpaired) electrons. The molecular formula is C15H18N2O2S. The fourth-order valence-corrected chi connectivity index (χ4v) is 2.64. The third kappa shape index (κ3) is 3.88. The third-order valence-electron chi connectivity index (χ3n) is 2.95. The number of carbonyl (C=O) groups is 1. The number of aromatic carboxylic acids is 1. The number of nitrogens with zero attached hydrogens (tertiary/aromatic N) is 1. The number of aromatic nitrogens is 1. The van der Waals surface area contributed by atoms with Crippen LogP contribution in [0.2, 0.25) is 0 Å². The van der Waals surface area contributed by atoms with Crippen molar-refractivity contribution < 1.29 is 9.90 Å². The molecule has 2 N–H and O–H groups in total. The molecule has 0 aliphatic heterocycles. The van der Waals surface area contributed by atoms with Crippen molar-refractivity contribution in [2.24, 2.45) is 0 Å². The Morgan fingerprint density at radius 1 is 1.30 bits per heavy atom. The van der Waals surface area contributed by atoms with E-state index < -0.39 is 5.97 Å². The van der Waals surface area contributed by atoms with E-state index in [0.29, 0.717) is 18.0 Å². The first-order chi connectivity index (χ1) is 9.56. The molecular weight excluding hydrogens is 272 g/mol. The second kappa shape index (κ2) is 6.63. The Bertz CT molecular complexity index is 576. The van der Waals surface area contributed by atoms with E-state index in [1.165, 1.54) is 4.88 Å². The van der Waals surface area contributed by atoms with Crippen molar-refractivity contribution in [3.63, 3.8) is 0 Å². The van der Waals surface area contributed by atoms with E-state index in [1.54, 1.807) is 23.5 Å². The molecule has 1 aromatic heterocycles. The van der Waals surface area contributed by atoms with Gasteiger partial charge in [-0.2, -0.15) is 0 Å². The van der Waals surface area contributed by atoms with E-state index in [4.69, 9.17) is 5.11 Å². The summed E-state index contributed by atoms with van der Waals surface area (Å²) >= 11 is 1.73.